The van der Waals surface area contributed by atoms with Gasteiger partial charge in [0.25, 0.3) is 5.91 Å². The molecule has 1 amide bonds. The van der Waals surface area contributed by atoms with E-state index in [-0.39, 0.29) is 23.4 Å². The van der Waals surface area contributed by atoms with Crippen LogP contribution in [-0.4, -0.2) is 36.5 Å². The summed E-state index contributed by atoms with van der Waals surface area (Å²) >= 11 is 3.26. The Kier molecular flexibility index (Phi) is 5.33. The van der Waals surface area contributed by atoms with Gasteiger partial charge >= 0.3 is 5.97 Å². The van der Waals surface area contributed by atoms with E-state index >= 15 is 0 Å². The number of carbonyl (C=O) groups is 2. The van der Waals surface area contributed by atoms with Gasteiger partial charge in [0.05, 0.1) is 18.1 Å². The number of halogens is 2. The molecular weight excluding hydrogens is 341 g/mol. The average molecular weight is 358 g/mol. The van der Waals surface area contributed by atoms with Gasteiger partial charge in [-0.2, -0.15) is 0 Å². The monoisotopic (exact) mass is 357 g/mol. The second kappa shape index (κ2) is 7.02. The van der Waals surface area contributed by atoms with Crippen molar-refractivity contribution in [1.29, 1.82) is 0 Å². The maximum atomic E-state index is 13.3. The molecule has 21 heavy (non-hydrogen) atoms. The predicted octanol–water partition coefficient (Wildman–Crippen LogP) is 3.00. The molecule has 6 heteroatoms. The van der Waals surface area contributed by atoms with Gasteiger partial charge in [0.1, 0.15) is 5.82 Å². The van der Waals surface area contributed by atoms with Crippen molar-refractivity contribution in [3.63, 3.8) is 0 Å². The SMILES string of the molecule is CCOC(=O)C1CCCN(C(=O)c2cc(F)ccc2Br)C1. The van der Waals surface area contributed by atoms with Crippen molar-refractivity contribution in [2.75, 3.05) is 19.7 Å². The molecule has 0 aromatic heterocycles. The summed E-state index contributed by atoms with van der Waals surface area (Å²) < 4.78 is 18.9. The molecule has 4 nitrogen and oxygen atoms in total. The normalized spacial score (nSPS) is 18.4. The van der Waals surface area contributed by atoms with E-state index in [1.807, 2.05) is 0 Å². The van der Waals surface area contributed by atoms with Crippen molar-refractivity contribution in [2.24, 2.45) is 5.92 Å². The van der Waals surface area contributed by atoms with Crippen molar-refractivity contribution < 1.29 is 18.7 Å². The summed E-state index contributed by atoms with van der Waals surface area (Å²) in [7, 11) is 0. The third-order valence-electron chi connectivity index (χ3n) is 3.49. The third kappa shape index (κ3) is 3.81. The Morgan fingerprint density at radius 2 is 2.24 bits per heavy atom. The predicted molar refractivity (Wildman–Crippen MR) is 79.4 cm³/mol. The standard InChI is InChI=1S/C15H17BrFNO3/c1-2-21-15(20)10-4-3-7-18(9-10)14(19)12-8-11(17)5-6-13(12)16/h5-6,8,10H,2-4,7,9H2,1H3. The Bertz CT molecular complexity index is 550. The van der Waals surface area contributed by atoms with E-state index in [1.54, 1.807) is 11.8 Å². The van der Waals surface area contributed by atoms with Crippen LogP contribution in [0, 0.1) is 11.7 Å². The van der Waals surface area contributed by atoms with Gasteiger partial charge in [0.2, 0.25) is 0 Å². The van der Waals surface area contributed by atoms with Crippen LogP contribution >= 0.6 is 15.9 Å². The molecule has 1 atom stereocenters. The Labute approximate surface area is 131 Å². The van der Waals surface area contributed by atoms with Crippen LogP contribution in [0.3, 0.4) is 0 Å². The number of nitrogens with zero attached hydrogens (tertiary/aromatic N) is 1. The zero-order valence-electron chi connectivity index (χ0n) is 11.8. The van der Waals surface area contributed by atoms with E-state index in [0.717, 1.165) is 6.42 Å². The number of likely N-dealkylation sites (tertiary alicyclic amines) is 1. The molecule has 0 aliphatic carbocycles. The molecule has 1 aromatic carbocycles. The summed E-state index contributed by atoms with van der Waals surface area (Å²) in [6.45, 7) is 2.98. The Morgan fingerprint density at radius 1 is 1.48 bits per heavy atom. The van der Waals surface area contributed by atoms with Gasteiger partial charge in [-0.3, -0.25) is 9.59 Å². The maximum absolute atomic E-state index is 13.3. The summed E-state index contributed by atoms with van der Waals surface area (Å²) in [6, 6.07) is 4.01. The number of ether oxygens (including phenoxy) is 1. The smallest absolute Gasteiger partial charge is 0.310 e. The first-order chi connectivity index (χ1) is 10.0. The van der Waals surface area contributed by atoms with Crippen molar-refractivity contribution >= 4 is 27.8 Å². The molecule has 0 radical (unpaired) electrons. The van der Waals surface area contributed by atoms with Crippen LogP contribution in [0.2, 0.25) is 0 Å². The van der Waals surface area contributed by atoms with Crippen LogP contribution in [0.15, 0.2) is 22.7 Å². The minimum Gasteiger partial charge on any atom is -0.466 e. The van der Waals surface area contributed by atoms with E-state index in [1.165, 1.54) is 18.2 Å². The molecular formula is C15H17BrFNO3. The molecule has 0 N–H and O–H groups in total. The molecule has 1 aliphatic rings. The summed E-state index contributed by atoms with van der Waals surface area (Å²) in [5.74, 6) is -1.29. The van der Waals surface area contributed by atoms with Crippen LogP contribution in [0.1, 0.15) is 30.1 Å². The molecule has 0 spiro atoms. The van der Waals surface area contributed by atoms with Crippen molar-refractivity contribution in [3.05, 3.63) is 34.1 Å². The molecule has 0 bridgehead atoms. The van der Waals surface area contributed by atoms with Crippen LogP contribution in [0.4, 0.5) is 4.39 Å². The molecule has 1 heterocycles. The molecule has 1 unspecified atom stereocenters. The number of benzene rings is 1. The summed E-state index contributed by atoms with van der Waals surface area (Å²) in [4.78, 5) is 25.9. The van der Waals surface area contributed by atoms with Gasteiger partial charge in [-0.05, 0) is 53.9 Å². The number of amides is 1. The number of hydrogen-bond donors (Lipinski definition) is 0. The second-order valence-electron chi connectivity index (χ2n) is 4.97. The fourth-order valence-electron chi connectivity index (χ4n) is 2.45. The molecule has 114 valence electrons. The minimum atomic E-state index is -0.458. The lowest BCUT2D eigenvalue weighted by Crippen LogP contribution is -2.43. The van der Waals surface area contributed by atoms with E-state index < -0.39 is 5.82 Å². The lowest BCUT2D eigenvalue weighted by molar-refractivity contribution is -0.149. The number of rotatable bonds is 3. The highest BCUT2D eigenvalue weighted by atomic mass is 79.9. The number of carbonyl (C=O) groups excluding carboxylic acids is 2. The highest BCUT2D eigenvalue weighted by molar-refractivity contribution is 9.10. The van der Waals surface area contributed by atoms with E-state index in [0.29, 0.717) is 30.6 Å². The quantitative estimate of drug-likeness (QED) is 0.781. The van der Waals surface area contributed by atoms with E-state index in [2.05, 4.69) is 15.9 Å². The molecule has 1 saturated heterocycles. The lowest BCUT2D eigenvalue weighted by atomic mass is 9.97. The number of esters is 1. The highest BCUT2D eigenvalue weighted by Gasteiger charge is 2.30. The Balaban J connectivity index is 2.12. The largest absolute Gasteiger partial charge is 0.466 e. The van der Waals surface area contributed by atoms with Crippen LogP contribution in [0.5, 0.6) is 0 Å². The first kappa shape index (κ1) is 15.9. The van der Waals surface area contributed by atoms with Crippen LogP contribution < -0.4 is 0 Å². The fraction of sp³-hybridized carbons (Fsp3) is 0.467. The van der Waals surface area contributed by atoms with Gasteiger partial charge in [-0.1, -0.05) is 0 Å². The van der Waals surface area contributed by atoms with Gasteiger partial charge in [-0.25, -0.2) is 4.39 Å². The van der Waals surface area contributed by atoms with Crippen LogP contribution in [0.25, 0.3) is 0 Å². The van der Waals surface area contributed by atoms with Crippen LogP contribution in [-0.2, 0) is 9.53 Å². The van der Waals surface area contributed by atoms with Gasteiger partial charge in [-0.15, -0.1) is 0 Å². The Morgan fingerprint density at radius 3 is 2.95 bits per heavy atom. The van der Waals surface area contributed by atoms with E-state index in [9.17, 15) is 14.0 Å². The van der Waals surface area contributed by atoms with Crippen molar-refractivity contribution in [3.8, 4) is 0 Å². The zero-order valence-corrected chi connectivity index (χ0v) is 13.4. The van der Waals surface area contributed by atoms with Gasteiger partial charge < -0.3 is 9.64 Å². The van der Waals surface area contributed by atoms with Crippen molar-refractivity contribution in [1.82, 2.24) is 4.90 Å². The third-order valence-corrected chi connectivity index (χ3v) is 4.18. The maximum Gasteiger partial charge on any atom is 0.310 e. The molecule has 1 aromatic rings. The molecule has 0 saturated carbocycles. The molecule has 1 aliphatic heterocycles. The first-order valence-corrected chi connectivity index (χ1v) is 7.73. The average Bonchev–Trinajstić information content (AvgIpc) is 2.49. The highest BCUT2D eigenvalue weighted by Crippen LogP contribution is 2.24. The summed E-state index contributed by atoms with van der Waals surface area (Å²) in [6.07, 6.45) is 1.45. The Hall–Kier alpha value is -1.43. The molecule has 2 rings (SSSR count). The number of piperidine rings is 1. The molecule has 1 fully saturated rings. The zero-order chi connectivity index (χ0) is 15.4. The first-order valence-electron chi connectivity index (χ1n) is 6.94. The summed E-state index contributed by atoms with van der Waals surface area (Å²) in [5.41, 5.74) is 0.277. The fourth-order valence-corrected chi connectivity index (χ4v) is 2.86. The van der Waals surface area contributed by atoms with Gasteiger partial charge in [0, 0.05) is 17.6 Å². The van der Waals surface area contributed by atoms with Crippen molar-refractivity contribution in [2.45, 2.75) is 19.8 Å². The minimum absolute atomic E-state index is 0.268. The lowest BCUT2D eigenvalue weighted by Gasteiger charge is -2.31. The van der Waals surface area contributed by atoms with Gasteiger partial charge in [0.15, 0.2) is 0 Å². The second-order valence-corrected chi connectivity index (χ2v) is 5.82. The summed E-state index contributed by atoms with van der Waals surface area (Å²) in [5, 5.41) is 0. The van der Waals surface area contributed by atoms with E-state index in [4.69, 9.17) is 4.74 Å². The topological polar surface area (TPSA) is 46.6 Å². The number of hydrogen-bond acceptors (Lipinski definition) is 3.